The third-order valence-corrected chi connectivity index (χ3v) is 9.62. The summed E-state index contributed by atoms with van der Waals surface area (Å²) in [5.41, 5.74) is 5.22. The molecule has 45 heavy (non-hydrogen) atoms. The predicted octanol–water partition coefficient (Wildman–Crippen LogP) is 10.1. The third kappa shape index (κ3) is 11.2. The van der Waals surface area contributed by atoms with Gasteiger partial charge in [-0.15, -0.1) is 0 Å². The Bertz CT molecular complexity index is 1320. The number of carbonyl (C=O) groups is 2. The lowest BCUT2D eigenvalue weighted by Gasteiger charge is -2.29. The standard InChI is InChI=1S/C39H51ClN2O3/c1-2-3-4-5-6-7-10-27-42(35-24-22-32(23-25-35)31-16-14-30(15-17-31)29-38(43)44)28-11-26-41-39(45)34-20-18-33(19-21-34)36-12-8-9-13-37(36)40/h8-9,12-13,18-25,30-31H,2-7,10-11,14-17,26-29H2,1H3,(H,41,45)(H,43,44). The molecule has 0 atom stereocenters. The van der Waals surface area contributed by atoms with Gasteiger partial charge in [0, 0.05) is 47.9 Å². The van der Waals surface area contributed by atoms with Gasteiger partial charge in [-0.05, 0) is 91.8 Å². The molecule has 0 spiro atoms. The highest BCUT2D eigenvalue weighted by Crippen LogP contribution is 2.37. The number of halogens is 1. The van der Waals surface area contributed by atoms with Gasteiger partial charge in [0.1, 0.15) is 0 Å². The van der Waals surface area contributed by atoms with Gasteiger partial charge in [-0.1, -0.05) is 99.5 Å². The second-order valence-electron chi connectivity index (χ2n) is 12.7. The molecule has 1 amide bonds. The van der Waals surface area contributed by atoms with Gasteiger partial charge in [-0.3, -0.25) is 9.59 Å². The average Bonchev–Trinajstić information content (AvgIpc) is 3.06. The third-order valence-electron chi connectivity index (χ3n) is 9.29. The molecule has 3 aromatic carbocycles. The van der Waals surface area contributed by atoms with Gasteiger partial charge in [0.05, 0.1) is 0 Å². The highest BCUT2D eigenvalue weighted by atomic mass is 35.5. The minimum Gasteiger partial charge on any atom is -0.481 e. The number of unbranched alkanes of at least 4 members (excludes halogenated alkanes) is 6. The number of hydrogen-bond acceptors (Lipinski definition) is 3. The molecular formula is C39H51ClN2O3. The monoisotopic (exact) mass is 630 g/mol. The van der Waals surface area contributed by atoms with E-state index in [4.69, 9.17) is 16.7 Å². The molecule has 3 aromatic rings. The van der Waals surface area contributed by atoms with Crippen LogP contribution < -0.4 is 10.2 Å². The Morgan fingerprint density at radius 1 is 0.800 bits per heavy atom. The van der Waals surface area contributed by atoms with Crippen LogP contribution in [0.5, 0.6) is 0 Å². The second kappa shape index (κ2) is 18.6. The summed E-state index contributed by atoms with van der Waals surface area (Å²) >= 11 is 6.34. The molecule has 1 fully saturated rings. The van der Waals surface area contributed by atoms with Crippen molar-refractivity contribution in [1.82, 2.24) is 5.32 Å². The molecule has 2 N–H and O–H groups in total. The van der Waals surface area contributed by atoms with Crippen LogP contribution in [0.15, 0.2) is 72.8 Å². The van der Waals surface area contributed by atoms with Crippen LogP contribution >= 0.6 is 11.6 Å². The van der Waals surface area contributed by atoms with Gasteiger partial charge in [-0.25, -0.2) is 0 Å². The van der Waals surface area contributed by atoms with Gasteiger partial charge >= 0.3 is 5.97 Å². The van der Waals surface area contributed by atoms with E-state index in [9.17, 15) is 9.59 Å². The van der Waals surface area contributed by atoms with Gasteiger partial charge in [0.15, 0.2) is 0 Å². The quantitative estimate of drug-likeness (QED) is 0.137. The minimum atomic E-state index is -0.674. The topological polar surface area (TPSA) is 69.6 Å². The molecule has 1 aliphatic carbocycles. The molecule has 0 saturated heterocycles. The van der Waals surface area contributed by atoms with Crippen molar-refractivity contribution in [3.8, 4) is 11.1 Å². The number of aliphatic carboxylic acids is 1. The van der Waals surface area contributed by atoms with E-state index >= 15 is 0 Å². The van der Waals surface area contributed by atoms with Crippen LogP contribution in [0.25, 0.3) is 11.1 Å². The van der Waals surface area contributed by atoms with E-state index in [1.165, 1.54) is 56.2 Å². The van der Waals surface area contributed by atoms with E-state index in [0.717, 1.165) is 56.3 Å². The molecule has 0 aliphatic heterocycles. The van der Waals surface area contributed by atoms with Crippen molar-refractivity contribution < 1.29 is 14.7 Å². The smallest absolute Gasteiger partial charge is 0.303 e. The Labute approximate surface area is 275 Å². The molecule has 0 bridgehead atoms. The number of carboxylic acid groups (broad SMARTS) is 1. The minimum absolute atomic E-state index is 0.0539. The number of benzene rings is 3. The van der Waals surface area contributed by atoms with Crippen LogP contribution in [0.1, 0.15) is 112 Å². The summed E-state index contributed by atoms with van der Waals surface area (Å²) in [5, 5.41) is 12.9. The lowest BCUT2D eigenvalue weighted by atomic mass is 9.77. The van der Waals surface area contributed by atoms with Gasteiger partial charge in [-0.2, -0.15) is 0 Å². The van der Waals surface area contributed by atoms with Crippen LogP contribution in [0.4, 0.5) is 5.69 Å². The zero-order chi connectivity index (χ0) is 31.9. The van der Waals surface area contributed by atoms with Crippen LogP contribution in [0, 0.1) is 5.92 Å². The molecule has 0 unspecified atom stereocenters. The molecule has 0 aromatic heterocycles. The van der Waals surface area contributed by atoms with Gasteiger partial charge in [0.25, 0.3) is 5.91 Å². The largest absolute Gasteiger partial charge is 0.481 e. The molecule has 0 heterocycles. The van der Waals surface area contributed by atoms with E-state index in [0.29, 0.717) is 35.4 Å². The Morgan fingerprint density at radius 3 is 2.11 bits per heavy atom. The molecule has 6 heteroatoms. The van der Waals surface area contributed by atoms with Crippen LogP contribution in [-0.4, -0.2) is 36.6 Å². The lowest BCUT2D eigenvalue weighted by molar-refractivity contribution is -0.138. The van der Waals surface area contributed by atoms with E-state index in [2.05, 4.69) is 41.4 Å². The predicted molar refractivity (Wildman–Crippen MR) is 187 cm³/mol. The zero-order valence-corrected chi connectivity index (χ0v) is 27.7. The average molecular weight is 631 g/mol. The summed E-state index contributed by atoms with van der Waals surface area (Å²) in [7, 11) is 0. The Hall–Kier alpha value is -3.31. The SMILES string of the molecule is CCCCCCCCCN(CCCNC(=O)c1ccc(-c2ccccc2Cl)cc1)c1ccc(C2CCC(CC(=O)O)CC2)cc1. The maximum atomic E-state index is 12.9. The number of carbonyl (C=O) groups excluding carboxylic acids is 1. The van der Waals surface area contributed by atoms with Crippen molar-refractivity contribution in [2.75, 3.05) is 24.5 Å². The molecule has 242 valence electrons. The van der Waals surface area contributed by atoms with E-state index in [-0.39, 0.29) is 5.91 Å². The number of carboxylic acids is 1. The summed E-state index contributed by atoms with van der Waals surface area (Å²) in [6.45, 7) is 4.79. The van der Waals surface area contributed by atoms with Crippen LogP contribution in [0.3, 0.4) is 0 Å². The van der Waals surface area contributed by atoms with Crippen LogP contribution in [-0.2, 0) is 4.79 Å². The van der Waals surface area contributed by atoms with Crippen molar-refractivity contribution >= 4 is 29.2 Å². The Morgan fingerprint density at radius 2 is 1.44 bits per heavy atom. The maximum Gasteiger partial charge on any atom is 0.303 e. The molecular weight excluding hydrogens is 580 g/mol. The summed E-state index contributed by atoms with van der Waals surface area (Å²) in [4.78, 5) is 26.5. The summed E-state index contributed by atoms with van der Waals surface area (Å²) in [6, 6.07) is 24.4. The van der Waals surface area contributed by atoms with E-state index in [1.54, 1.807) is 0 Å². The number of nitrogens with one attached hydrogen (secondary N) is 1. The first kappa shape index (κ1) is 34.6. The number of anilines is 1. The molecule has 1 aliphatic rings. The van der Waals surface area contributed by atoms with E-state index < -0.39 is 5.97 Å². The second-order valence-corrected chi connectivity index (χ2v) is 13.1. The van der Waals surface area contributed by atoms with Crippen molar-refractivity contribution in [2.45, 2.75) is 96.3 Å². The Balaban J connectivity index is 1.28. The number of nitrogens with zero attached hydrogens (tertiary/aromatic N) is 1. The highest BCUT2D eigenvalue weighted by Gasteiger charge is 2.24. The van der Waals surface area contributed by atoms with Gasteiger partial charge in [0.2, 0.25) is 0 Å². The van der Waals surface area contributed by atoms with Crippen molar-refractivity contribution in [3.05, 3.63) is 88.9 Å². The molecule has 0 radical (unpaired) electrons. The number of rotatable bonds is 18. The highest BCUT2D eigenvalue weighted by molar-refractivity contribution is 6.33. The van der Waals surface area contributed by atoms with Crippen molar-refractivity contribution in [3.63, 3.8) is 0 Å². The fourth-order valence-electron chi connectivity index (χ4n) is 6.60. The van der Waals surface area contributed by atoms with Crippen molar-refractivity contribution in [2.24, 2.45) is 5.92 Å². The first-order chi connectivity index (χ1) is 21.9. The summed E-state index contributed by atoms with van der Waals surface area (Å²) in [6.07, 6.45) is 14.3. The first-order valence-corrected chi connectivity index (χ1v) is 17.5. The van der Waals surface area contributed by atoms with Crippen LogP contribution in [0.2, 0.25) is 5.02 Å². The lowest BCUT2D eigenvalue weighted by Crippen LogP contribution is -2.30. The number of amides is 1. The first-order valence-electron chi connectivity index (χ1n) is 17.1. The normalized spacial score (nSPS) is 16.3. The van der Waals surface area contributed by atoms with E-state index in [1.807, 2.05) is 48.5 Å². The molecule has 4 rings (SSSR count). The molecule has 1 saturated carbocycles. The summed E-state index contributed by atoms with van der Waals surface area (Å²) < 4.78 is 0. The van der Waals surface area contributed by atoms with Gasteiger partial charge < -0.3 is 15.3 Å². The zero-order valence-electron chi connectivity index (χ0n) is 27.0. The fraction of sp³-hybridized carbons (Fsp3) is 0.487. The fourth-order valence-corrected chi connectivity index (χ4v) is 6.85. The Kier molecular flexibility index (Phi) is 14.3. The number of hydrogen-bond donors (Lipinski definition) is 2. The van der Waals surface area contributed by atoms with Crippen molar-refractivity contribution in [1.29, 1.82) is 0 Å². The maximum absolute atomic E-state index is 12.9. The molecule has 5 nitrogen and oxygen atoms in total. The summed E-state index contributed by atoms with van der Waals surface area (Å²) in [5.74, 6) is 0.117.